The quantitative estimate of drug-likeness (QED) is 0.856. The Kier molecular flexibility index (Phi) is 4.94. The lowest BCUT2D eigenvalue weighted by Gasteiger charge is -2.22. The summed E-state index contributed by atoms with van der Waals surface area (Å²) < 4.78 is 0. The van der Waals surface area contributed by atoms with Gasteiger partial charge in [0.1, 0.15) is 0 Å². The van der Waals surface area contributed by atoms with Crippen LogP contribution >= 0.6 is 0 Å². The monoisotopic (exact) mass is 256 g/mol. The Morgan fingerprint density at radius 1 is 1.11 bits per heavy atom. The predicted molar refractivity (Wildman–Crippen MR) is 83.3 cm³/mol. The molecule has 1 atom stereocenters. The van der Waals surface area contributed by atoms with Crippen LogP contribution in [0.1, 0.15) is 31.4 Å². The zero-order valence-electron chi connectivity index (χ0n) is 12.0. The highest BCUT2D eigenvalue weighted by Crippen LogP contribution is 2.23. The van der Waals surface area contributed by atoms with E-state index in [4.69, 9.17) is 5.73 Å². The Labute approximate surface area is 116 Å². The van der Waals surface area contributed by atoms with Crippen LogP contribution in [-0.4, -0.2) is 25.0 Å². The molecule has 2 aromatic rings. The number of nitrogens with two attached hydrogens (primary N) is 1. The summed E-state index contributed by atoms with van der Waals surface area (Å²) in [5.41, 5.74) is 7.64. The molecule has 0 amide bonds. The predicted octanol–water partition coefficient (Wildman–Crippen LogP) is 3.57. The lowest BCUT2D eigenvalue weighted by Crippen LogP contribution is -2.30. The molecular weight excluding hydrogens is 232 g/mol. The number of hydrogen-bond acceptors (Lipinski definition) is 2. The van der Waals surface area contributed by atoms with Gasteiger partial charge in [0.2, 0.25) is 0 Å². The second-order valence-electron chi connectivity index (χ2n) is 5.29. The molecule has 2 N–H and O–H groups in total. The van der Waals surface area contributed by atoms with Gasteiger partial charge in [0.25, 0.3) is 0 Å². The largest absolute Gasteiger partial charge is 0.323 e. The first kappa shape index (κ1) is 14.0. The maximum absolute atomic E-state index is 6.39. The van der Waals surface area contributed by atoms with Gasteiger partial charge in [-0.1, -0.05) is 55.8 Å². The number of likely N-dealkylation sites (N-methyl/N-ethyl adjacent to an activating group) is 1. The molecule has 2 heteroatoms. The van der Waals surface area contributed by atoms with Gasteiger partial charge in [0.15, 0.2) is 0 Å². The Hall–Kier alpha value is -1.38. The molecule has 0 spiro atoms. The van der Waals surface area contributed by atoms with Crippen molar-refractivity contribution in [2.24, 2.45) is 5.73 Å². The highest BCUT2D eigenvalue weighted by atomic mass is 15.1. The summed E-state index contributed by atoms with van der Waals surface area (Å²) in [6.07, 6.45) is 2.46. The number of unbranched alkanes of at least 4 members (excludes halogenated alkanes) is 1. The average molecular weight is 256 g/mol. The molecule has 2 nitrogen and oxygen atoms in total. The fourth-order valence-corrected chi connectivity index (χ4v) is 2.53. The highest BCUT2D eigenvalue weighted by Gasteiger charge is 2.11. The molecule has 2 aromatic carbocycles. The van der Waals surface area contributed by atoms with Gasteiger partial charge in [-0.2, -0.15) is 0 Å². The van der Waals surface area contributed by atoms with E-state index < -0.39 is 0 Å². The number of fused-ring (bicyclic) bond motifs is 1. The van der Waals surface area contributed by atoms with Gasteiger partial charge in [-0.05, 0) is 36.3 Å². The number of benzene rings is 2. The van der Waals surface area contributed by atoms with Gasteiger partial charge in [-0.3, -0.25) is 0 Å². The molecule has 19 heavy (non-hydrogen) atoms. The summed E-state index contributed by atoms with van der Waals surface area (Å²) in [5, 5.41) is 2.55. The van der Waals surface area contributed by atoms with Crippen molar-refractivity contribution in [1.82, 2.24) is 4.90 Å². The zero-order chi connectivity index (χ0) is 13.7. The van der Waals surface area contributed by atoms with Crippen molar-refractivity contribution in [3.63, 3.8) is 0 Å². The van der Waals surface area contributed by atoms with Crippen molar-refractivity contribution in [2.45, 2.75) is 25.8 Å². The number of rotatable bonds is 6. The van der Waals surface area contributed by atoms with Crippen LogP contribution in [-0.2, 0) is 0 Å². The lowest BCUT2D eigenvalue weighted by molar-refractivity contribution is 0.308. The smallest absolute Gasteiger partial charge is 0.0430 e. The minimum atomic E-state index is 0.0768. The third kappa shape index (κ3) is 3.55. The molecule has 0 bridgehead atoms. The van der Waals surface area contributed by atoms with Gasteiger partial charge in [0.05, 0.1) is 0 Å². The molecule has 0 aliphatic carbocycles. The minimum Gasteiger partial charge on any atom is -0.323 e. The van der Waals surface area contributed by atoms with Crippen molar-refractivity contribution in [3.05, 3.63) is 48.0 Å². The summed E-state index contributed by atoms with van der Waals surface area (Å²) in [4.78, 5) is 2.33. The Bertz CT molecular complexity index is 516. The molecule has 0 heterocycles. The second kappa shape index (κ2) is 6.69. The maximum Gasteiger partial charge on any atom is 0.0430 e. The van der Waals surface area contributed by atoms with E-state index in [1.54, 1.807) is 0 Å². The molecule has 0 aliphatic heterocycles. The number of hydrogen-bond donors (Lipinski definition) is 1. The third-order valence-corrected chi connectivity index (χ3v) is 3.62. The van der Waals surface area contributed by atoms with E-state index in [0.717, 1.165) is 13.1 Å². The van der Waals surface area contributed by atoms with Gasteiger partial charge in [-0.25, -0.2) is 0 Å². The van der Waals surface area contributed by atoms with Gasteiger partial charge in [0, 0.05) is 12.6 Å². The lowest BCUT2D eigenvalue weighted by atomic mass is 9.99. The highest BCUT2D eigenvalue weighted by molar-refractivity contribution is 5.86. The van der Waals surface area contributed by atoms with Crippen LogP contribution in [0.25, 0.3) is 10.8 Å². The second-order valence-corrected chi connectivity index (χ2v) is 5.29. The molecule has 0 saturated heterocycles. The van der Waals surface area contributed by atoms with Gasteiger partial charge >= 0.3 is 0 Å². The van der Waals surface area contributed by atoms with E-state index >= 15 is 0 Å². The van der Waals surface area contributed by atoms with Gasteiger partial charge < -0.3 is 10.6 Å². The average Bonchev–Trinajstić information content (AvgIpc) is 2.44. The van der Waals surface area contributed by atoms with Crippen molar-refractivity contribution in [1.29, 1.82) is 0 Å². The van der Waals surface area contributed by atoms with E-state index in [1.165, 1.54) is 29.2 Å². The van der Waals surface area contributed by atoms with Crippen molar-refractivity contribution in [3.8, 4) is 0 Å². The molecular formula is C17H24N2. The molecule has 0 aromatic heterocycles. The van der Waals surface area contributed by atoms with Crippen LogP contribution in [0.3, 0.4) is 0 Å². The van der Waals surface area contributed by atoms with Crippen LogP contribution in [0.15, 0.2) is 42.5 Å². The molecule has 0 aliphatic rings. The van der Waals surface area contributed by atoms with Crippen LogP contribution in [0.5, 0.6) is 0 Å². The summed E-state index contributed by atoms with van der Waals surface area (Å²) in [6.45, 7) is 4.25. The van der Waals surface area contributed by atoms with E-state index in [1.807, 2.05) is 0 Å². The molecule has 1 unspecified atom stereocenters. The topological polar surface area (TPSA) is 29.3 Å². The van der Waals surface area contributed by atoms with E-state index in [2.05, 4.69) is 61.3 Å². The Morgan fingerprint density at radius 2 is 1.84 bits per heavy atom. The minimum absolute atomic E-state index is 0.0768. The van der Waals surface area contributed by atoms with E-state index in [0.29, 0.717) is 0 Å². The molecule has 2 rings (SSSR count). The summed E-state index contributed by atoms with van der Waals surface area (Å²) in [5.74, 6) is 0. The fraction of sp³-hybridized carbons (Fsp3) is 0.412. The van der Waals surface area contributed by atoms with E-state index in [9.17, 15) is 0 Å². The molecule has 0 radical (unpaired) electrons. The first-order valence-electron chi connectivity index (χ1n) is 7.14. The summed E-state index contributed by atoms with van der Waals surface area (Å²) >= 11 is 0. The molecule has 102 valence electrons. The summed E-state index contributed by atoms with van der Waals surface area (Å²) in [6, 6.07) is 14.9. The van der Waals surface area contributed by atoms with E-state index in [-0.39, 0.29) is 6.04 Å². The Balaban J connectivity index is 2.15. The summed E-state index contributed by atoms with van der Waals surface area (Å²) in [7, 11) is 2.15. The zero-order valence-corrected chi connectivity index (χ0v) is 12.0. The Morgan fingerprint density at radius 3 is 2.63 bits per heavy atom. The SMILES string of the molecule is CCCCN(C)CC(N)c1cccc2ccccc12. The molecule has 0 fully saturated rings. The standard InChI is InChI=1S/C17H24N2/c1-3-4-12-19(2)13-17(18)16-11-7-9-14-8-5-6-10-15(14)16/h5-11,17H,3-4,12-13,18H2,1-2H3. The first-order valence-corrected chi connectivity index (χ1v) is 7.14. The maximum atomic E-state index is 6.39. The van der Waals surface area contributed by atoms with Gasteiger partial charge in [-0.15, -0.1) is 0 Å². The number of nitrogens with zero attached hydrogens (tertiary/aromatic N) is 1. The first-order chi connectivity index (χ1) is 9.22. The third-order valence-electron chi connectivity index (χ3n) is 3.62. The van der Waals surface area contributed by atoms with Crippen LogP contribution in [0.4, 0.5) is 0 Å². The normalized spacial score (nSPS) is 13.1. The van der Waals surface area contributed by atoms with Crippen LogP contribution in [0, 0.1) is 0 Å². The van der Waals surface area contributed by atoms with Crippen LogP contribution in [0.2, 0.25) is 0 Å². The van der Waals surface area contributed by atoms with Crippen molar-refractivity contribution >= 4 is 10.8 Å². The van der Waals surface area contributed by atoms with Crippen molar-refractivity contribution < 1.29 is 0 Å². The molecule has 0 saturated carbocycles. The fourth-order valence-electron chi connectivity index (χ4n) is 2.53. The van der Waals surface area contributed by atoms with Crippen molar-refractivity contribution in [2.75, 3.05) is 20.1 Å². The van der Waals surface area contributed by atoms with Crippen LogP contribution < -0.4 is 5.73 Å².